The van der Waals surface area contributed by atoms with E-state index in [-0.39, 0.29) is 6.04 Å². The van der Waals surface area contributed by atoms with Gasteiger partial charge < -0.3 is 20.2 Å². The molecular weight excluding hydrogens is 361 g/mol. The minimum Gasteiger partial charge on any atom is -0.389 e. The monoisotopic (exact) mass is 388 g/mol. The molecule has 3 N–H and O–H groups in total. The van der Waals surface area contributed by atoms with Gasteiger partial charge in [0.15, 0.2) is 0 Å². The summed E-state index contributed by atoms with van der Waals surface area (Å²) in [4.78, 5) is 4.10. The smallest absolute Gasteiger partial charge is 0.389 e. The molecule has 2 fully saturated rings. The number of piperidine rings is 2. The van der Waals surface area contributed by atoms with E-state index in [1.165, 1.54) is 12.1 Å². The summed E-state index contributed by atoms with van der Waals surface area (Å²) >= 11 is 0. The van der Waals surface area contributed by atoms with Gasteiger partial charge in [0, 0.05) is 37.9 Å². The van der Waals surface area contributed by atoms with Crippen molar-refractivity contribution in [3.63, 3.8) is 0 Å². The lowest BCUT2D eigenvalue weighted by Crippen LogP contribution is -2.61. The van der Waals surface area contributed by atoms with E-state index in [2.05, 4.69) is 4.90 Å². The first-order valence-corrected chi connectivity index (χ1v) is 9.37. The molecule has 4 atom stereocenters. The third kappa shape index (κ3) is 4.56. The highest BCUT2D eigenvalue weighted by Crippen LogP contribution is 2.32. The Bertz CT molecular complexity index is 618. The molecule has 0 saturated carbocycles. The maximum absolute atomic E-state index is 12.7. The van der Waals surface area contributed by atoms with Crippen molar-refractivity contribution >= 4 is 5.69 Å². The lowest BCUT2D eigenvalue weighted by Gasteiger charge is -2.44. The SMILES string of the molecule is C[C@@H]1[C@@H](O)[C@H](O)[C@@H](O)CN1CC1CCN(c2ccc(C(F)(F)F)cc2)CC1. The van der Waals surface area contributed by atoms with Crippen LogP contribution in [0.5, 0.6) is 0 Å². The highest BCUT2D eigenvalue weighted by molar-refractivity contribution is 5.48. The average molecular weight is 388 g/mol. The summed E-state index contributed by atoms with van der Waals surface area (Å²) in [5.41, 5.74) is 0.154. The maximum atomic E-state index is 12.7. The van der Waals surface area contributed by atoms with Crippen LogP contribution in [0.2, 0.25) is 0 Å². The van der Waals surface area contributed by atoms with Crippen LogP contribution in [0.4, 0.5) is 18.9 Å². The van der Waals surface area contributed by atoms with Gasteiger partial charge in [-0.3, -0.25) is 4.90 Å². The van der Waals surface area contributed by atoms with Crippen molar-refractivity contribution in [3.8, 4) is 0 Å². The number of benzene rings is 1. The fourth-order valence-electron chi connectivity index (χ4n) is 4.05. The molecule has 0 aromatic heterocycles. The van der Waals surface area contributed by atoms with Crippen molar-refractivity contribution in [3.05, 3.63) is 29.8 Å². The number of halogens is 3. The highest BCUT2D eigenvalue weighted by atomic mass is 19.4. The van der Waals surface area contributed by atoms with Gasteiger partial charge in [0.25, 0.3) is 0 Å². The van der Waals surface area contributed by atoms with Crippen LogP contribution in [0.3, 0.4) is 0 Å². The molecule has 0 spiro atoms. The van der Waals surface area contributed by atoms with Gasteiger partial charge in [0.1, 0.15) is 6.10 Å². The van der Waals surface area contributed by atoms with E-state index in [1.807, 2.05) is 11.8 Å². The van der Waals surface area contributed by atoms with E-state index in [0.717, 1.165) is 50.3 Å². The second-order valence-electron chi connectivity index (χ2n) is 7.72. The van der Waals surface area contributed by atoms with Crippen molar-refractivity contribution in [2.24, 2.45) is 5.92 Å². The van der Waals surface area contributed by atoms with E-state index < -0.39 is 30.1 Å². The normalized spacial score (nSPS) is 31.3. The van der Waals surface area contributed by atoms with E-state index in [1.54, 1.807) is 0 Å². The van der Waals surface area contributed by atoms with Crippen LogP contribution in [-0.4, -0.2) is 70.8 Å². The van der Waals surface area contributed by atoms with Gasteiger partial charge in [0.2, 0.25) is 0 Å². The van der Waals surface area contributed by atoms with Crippen molar-refractivity contribution in [1.29, 1.82) is 0 Å². The second kappa shape index (κ2) is 7.95. The van der Waals surface area contributed by atoms with Crippen LogP contribution in [0.1, 0.15) is 25.3 Å². The number of nitrogens with zero attached hydrogens (tertiary/aromatic N) is 2. The number of hydrogen-bond acceptors (Lipinski definition) is 5. The Morgan fingerprint density at radius 3 is 2.15 bits per heavy atom. The number of likely N-dealkylation sites (tertiary alicyclic amines) is 1. The number of rotatable bonds is 3. The summed E-state index contributed by atoms with van der Waals surface area (Å²) in [7, 11) is 0. The van der Waals surface area contributed by atoms with Gasteiger partial charge in [-0.25, -0.2) is 0 Å². The lowest BCUT2D eigenvalue weighted by atomic mass is 9.90. The van der Waals surface area contributed by atoms with Gasteiger partial charge >= 0.3 is 6.18 Å². The first-order valence-electron chi connectivity index (χ1n) is 9.37. The first-order chi connectivity index (χ1) is 12.7. The molecule has 0 amide bonds. The van der Waals surface area contributed by atoms with Crippen LogP contribution < -0.4 is 4.90 Å². The predicted molar refractivity (Wildman–Crippen MR) is 95.4 cm³/mol. The Kier molecular flexibility index (Phi) is 6.00. The van der Waals surface area contributed by atoms with Crippen molar-refractivity contribution in [1.82, 2.24) is 4.90 Å². The van der Waals surface area contributed by atoms with E-state index in [9.17, 15) is 28.5 Å². The van der Waals surface area contributed by atoms with Gasteiger partial charge in [0.05, 0.1) is 17.8 Å². The summed E-state index contributed by atoms with van der Waals surface area (Å²) in [5, 5.41) is 29.7. The van der Waals surface area contributed by atoms with Crippen molar-refractivity contribution < 1.29 is 28.5 Å². The van der Waals surface area contributed by atoms with Crippen molar-refractivity contribution in [2.75, 3.05) is 31.1 Å². The van der Waals surface area contributed by atoms with Crippen LogP contribution in [0.15, 0.2) is 24.3 Å². The molecule has 27 heavy (non-hydrogen) atoms. The standard InChI is InChI=1S/C19H27F3N2O3/c1-12-17(26)18(27)16(25)11-24(12)10-13-6-8-23(9-7-13)15-4-2-14(3-5-15)19(20,21)22/h2-5,12-13,16-18,25-27H,6-11H2,1H3/t12-,16+,17-,18-/m1/s1. The van der Waals surface area contributed by atoms with Crippen LogP contribution in [0.25, 0.3) is 0 Å². The minimum atomic E-state index is -4.32. The van der Waals surface area contributed by atoms with Gasteiger partial charge in [-0.1, -0.05) is 0 Å². The van der Waals surface area contributed by atoms with Crippen LogP contribution >= 0.6 is 0 Å². The fourth-order valence-corrected chi connectivity index (χ4v) is 4.05. The molecule has 0 bridgehead atoms. The number of aliphatic hydroxyl groups is 3. The topological polar surface area (TPSA) is 67.2 Å². The molecule has 8 heteroatoms. The number of hydrogen-bond donors (Lipinski definition) is 3. The molecule has 0 radical (unpaired) electrons. The van der Waals surface area contributed by atoms with Gasteiger partial charge in [-0.15, -0.1) is 0 Å². The number of β-amino-alcohol motifs (C(OH)–C–C–N with tert-alkyl or cyclic N) is 1. The molecule has 2 heterocycles. The summed E-state index contributed by atoms with van der Waals surface area (Å²) in [5.74, 6) is 0.382. The van der Waals surface area contributed by atoms with E-state index in [0.29, 0.717) is 12.5 Å². The zero-order valence-electron chi connectivity index (χ0n) is 15.3. The fraction of sp³-hybridized carbons (Fsp3) is 0.684. The lowest BCUT2D eigenvalue weighted by molar-refractivity contribution is -0.137. The Balaban J connectivity index is 1.53. The molecule has 2 saturated heterocycles. The summed E-state index contributed by atoms with van der Waals surface area (Å²) < 4.78 is 38.0. The molecule has 3 rings (SSSR count). The number of alkyl halides is 3. The average Bonchev–Trinajstić information content (AvgIpc) is 2.64. The molecule has 152 valence electrons. The summed E-state index contributed by atoms with van der Waals surface area (Å²) in [6.45, 7) is 4.41. The van der Waals surface area contributed by atoms with Crippen molar-refractivity contribution in [2.45, 2.75) is 50.3 Å². The molecule has 5 nitrogen and oxygen atoms in total. The maximum Gasteiger partial charge on any atom is 0.416 e. The number of aliphatic hydroxyl groups excluding tert-OH is 3. The zero-order chi connectivity index (χ0) is 19.8. The van der Waals surface area contributed by atoms with E-state index in [4.69, 9.17) is 0 Å². The number of anilines is 1. The Morgan fingerprint density at radius 1 is 1.00 bits per heavy atom. The van der Waals surface area contributed by atoms with E-state index >= 15 is 0 Å². The Hall–Kier alpha value is -1.35. The molecule has 2 aliphatic rings. The molecule has 1 aromatic carbocycles. The summed E-state index contributed by atoms with van der Waals surface area (Å²) in [6.07, 6.45) is -5.58. The molecule has 0 unspecified atom stereocenters. The third-order valence-corrected chi connectivity index (χ3v) is 5.90. The Morgan fingerprint density at radius 2 is 1.59 bits per heavy atom. The van der Waals surface area contributed by atoms with Crippen LogP contribution in [0, 0.1) is 5.92 Å². The molecule has 2 aliphatic heterocycles. The van der Waals surface area contributed by atoms with Gasteiger partial charge in [-0.05, 0) is 49.9 Å². The second-order valence-corrected chi connectivity index (χ2v) is 7.72. The molecular formula is C19H27F3N2O3. The highest BCUT2D eigenvalue weighted by Gasteiger charge is 2.39. The van der Waals surface area contributed by atoms with Gasteiger partial charge in [-0.2, -0.15) is 13.2 Å². The Labute approximate surface area is 157 Å². The molecule has 0 aliphatic carbocycles. The predicted octanol–water partition coefficient (Wildman–Crippen LogP) is 1.71. The third-order valence-electron chi connectivity index (χ3n) is 5.90. The molecule has 1 aromatic rings. The minimum absolute atomic E-state index is 0.226. The first kappa shape index (κ1) is 20.4. The largest absolute Gasteiger partial charge is 0.416 e. The quantitative estimate of drug-likeness (QED) is 0.736. The summed E-state index contributed by atoms with van der Waals surface area (Å²) in [6, 6.07) is 5.04. The zero-order valence-corrected chi connectivity index (χ0v) is 15.3. The van der Waals surface area contributed by atoms with Crippen LogP contribution in [-0.2, 0) is 6.18 Å².